The van der Waals surface area contributed by atoms with E-state index < -0.39 is 6.10 Å². The molecule has 0 heterocycles. The van der Waals surface area contributed by atoms with Crippen molar-refractivity contribution < 1.29 is 9.53 Å². The van der Waals surface area contributed by atoms with Crippen LogP contribution in [-0.4, -0.2) is 12.0 Å². The monoisotopic (exact) mass is 365 g/mol. The maximum atomic E-state index is 12.7. The van der Waals surface area contributed by atoms with Crippen molar-refractivity contribution in [1.29, 1.82) is 0 Å². The summed E-state index contributed by atoms with van der Waals surface area (Å²) in [5, 5.41) is 3.66. The zero-order valence-electron chi connectivity index (χ0n) is 14.4. The van der Waals surface area contributed by atoms with Crippen molar-refractivity contribution in [2.45, 2.75) is 19.1 Å². The zero-order chi connectivity index (χ0) is 18.4. The van der Waals surface area contributed by atoms with Gasteiger partial charge in [-0.15, -0.1) is 0 Å². The van der Waals surface area contributed by atoms with Crippen molar-refractivity contribution in [2.75, 3.05) is 0 Å². The van der Waals surface area contributed by atoms with Crippen LogP contribution in [0.1, 0.15) is 24.1 Å². The van der Waals surface area contributed by atoms with Gasteiger partial charge in [0, 0.05) is 5.02 Å². The maximum absolute atomic E-state index is 12.7. The number of nitrogens with one attached hydrogen (secondary N) is 1. The first-order chi connectivity index (χ1) is 12.6. The maximum Gasteiger partial charge on any atom is 0.261 e. The molecule has 4 heteroatoms. The van der Waals surface area contributed by atoms with E-state index in [0.717, 1.165) is 11.1 Å². The van der Waals surface area contributed by atoms with Crippen molar-refractivity contribution in [3.05, 3.63) is 101 Å². The molecule has 0 spiro atoms. The third-order valence-corrected chi connectivity index (χ3v) is 4.27. The van der Waals surface area contributed by atoms with E-state index in [0.29, 0.717) is 10.8 Å². The molecule has 0 aliphatic rings. The van der Waals surface area contributed by atoms with Crippen LogP contribution in [0, 0.1) is 0 Å². The molecule has 0 bridgehead atoms. The molecule has 3 aromatic carbocycles. The summed E-state index contributed by atoms with van der Waals surface area (Å²) in [6, 6.07) is 26.5. The van der Waals surface area contributed by atoms with Crippen molar-refractivity contribution in [2.24, 2.45) is 0 Å². The highest BCUT2D eigenvalue weighted by molar-refractivity contribution is 6.30. The molecular weight excluding hydrogens is 346 g/mol. The Morgan fingerprint density at radius 1 is 0.885 bits per heavy atom. The van der Waals surface area contributed by atoms with Gasteiger partial charge < -0.3 is 10.1 Å². The first-order valence-corrected chi connectivity index (χ1v) is 8.84. The van der Waals surface area contributed by atoms with Crippen LogP contribution >= 0.6 is 11.6 Å². The van der Waals surface area contributed by atoms with E-state index in [1.165, 1.54) is 0 Å². The molecule has 26 heavy (non-hydrogen) atoms. The van der Waals surface area contributed by atoms with E-state index >= 15 is 0 Å². The van der Waals surface area contributed by atoms with Crippen LogP contribution in [0.4, 0.5) is 0 Å². The summed E-state index contributed by atoms with van der Waals surface area (Å²) in [5.41, 5.74) is 2.03. The Balaban J connectivity index is 1.77. The lowest BCUT2D eigenvalue weighted by atomic mass is 9.98. The lowest BCUT2D eigenvalue weighted by Crippen LogP contribution is -2.39. The molecule has 3 aromatic rings. The topological polar surface area (TPSA) is 38.3 Å². The summed E-state index contributed by atoms with van der Waals surface area (Å²) in [7, 11) is 0. The van der Waals surface area contributed by atoms with Gasteiger partial charge in [-0.3, -0.25) is 4.79 Å². The molecule has 3 rings (SSSR count). The molecule has 0 fully saturated rings. The molecule has 0 aromatic heterocycles. The van der Waals surface area contributed by atoms with E-state index in [2.05, 4.69) is 5.32 Å². The minimum atomic E-state index is -0.650. The van der Waals surface area contributed by atoms with Gasteiger partial charge in [-0.05, 0) is 36.2 Å². The van der Waals surface area contributed by atoms with Crippen LogP contribution in [0.15, 0.2) is 84.9 Å². The van der Waals surface area contributed by atoms with Gasteiger partial charge >= 0.3 is 0 Å². The van der Waals surface area contributed by atoms with Gasteiger partial charge in [-0.1, -0.05) is 78.3 Å². The molecule has 0 unspecified atom stereocenters. The molecule has 132 valence electrons. The minimum absolute atomic E-state index is 0.192. The van der Waals surface area contributed by atoms with Crippen molar-refractivity contribution >= 4 is 17.5 Å². The molecule has 1 N–H and O–H groups in total. The fourth-order valence-electron chi connectivity index (χ4n) is 2.71. The quantitative estimate of drug-likeness (QED) is 0.666. The van der Waals surface area contributed by atoms with Crippen molar-refractivity contribution in [3.63, 3.8) is 0 Å². The van der Waals surface area contributed by atoms with Gasteiger partial charge in [-0.25, -0.2) is 0 Å². The van der Waals surface area contributed by atoms with Gasteiger partial charge in [0.1, 0.15) is 5.75 Å². The highest BCUT2D eigenvalue weighted by Gasteiger charge is 2.21. The Kier molecular flexibility index (Phi) is 5.92. The van der Waals surface area contributed by atoms with Crippen molar-refractivity contribution in [1.82, 2.24) is 5.32 Å². The van der Waals surface area contributed by atoms with E-state index in [-0.39, 0.29) is 11.9 Å². The molecule has 1 atom stereocenters. The Morgan fingerprint density at radius 2 is 1.46 bits per heavy atom. The van der Waals surface area contributed by atoms with Gasteiger partial charge in [-0.2, -0.15) is 0 Å². The normalized spacial score (nSPS) is 11.8. The average molecular weight is 366 g/mol. The van der Waals surface area contributed by atoms with Crippen LogP contribution in [-0.2, 0) is 4.79 Å². The number of rotatable bonds is 6. The summed E-state index contributed by atoms with van der Waals surface area (Å²) in [5.74, 6) is 0.374. The van der Waals surface area contributed by atoms with Crippen LogP contribution in [0.3, 0.4) is 0 Å². The molecule has 0 radical (unpaired) electrons. The number of ether oxygens (including phenoxy) is 1. The molecule has 0 saturated heterocycles. The van der Waals surface area contributed by atoms with Crippen LogP contribution < -0.4 is 10.1 Å². The van der Waals surface area contributed by atoms with Gasteiger partial charge in [0.05, 0.1) is 6.04 Å². The standard InChI is InChI=1S/C22H20ClNO2/c1-16(26-20-14-8-13-19(23)15-20)22(25)24-21(17-9-4-2-5-10-17)18-11-6-3-7-12-18/h2-16,21H,1H3,(H,24,25)/t16-/m1/s1. The van der Waals surface area contributed by atoms with Gasteiger partial charge in [0.15, 0.2) is 6.10 Å². The number of halogens is 1. The Hall–Kier alpha value is -2.78. The second-order valence-corrected chi connectivity index (χ2v) is 6.42. The highest BCUT2D eigenvalue weighted by atomic mass is 35.5. The SMILES string of the molecule is C[C@@H](Oc1cccc(Cl)c1)C(=O)NC(c1ccccc1)c1ccccc1. The predicted octanol–water partition coefficient (Wildman–Crippen LogP) is 5.01. The number of carbonyl (C=O) groups is 1. The summed E-state index contributed by atoms with van der Waals surface area (Å²) >= 11 is 5.97. The smallest absolute Gasteiger partial charge is 0.261 e. The molecule has 0 aliphatic heterocycles. The van der Waals surface area contributed by atoms with Crippen LogP contribution in [0.25, 0.3) is 0 Å². The molecule has 0 aliphatic carbocycles. The number of carbonyl (C=O) groups excluding carboxylic acids is 1. The third kappa shape index (κ3) is 4.64. The fraction of sp³-hybridized carbons (Fsp3) is 0.136. The molecule has 3 nitrogen and oxygen atoms in total. The third-order valence-electron chi connectivity index (χ3n) is 4.03. The van der Waals surface area contributed by atoms with Crippen LogP contribution in [0.5, 0.6) is 5.75 Å². The molecule has 0 saturated carbocycles. The highest BCUT2D eigenvalue weighted by Crippen LogP contribution is 2.23. The number of benzene rings is 3. The lowest BCUT2D eigenvalue weighted by Gasteiger charge is -2.22. The van der Waals surface area contributed by atoms with Gasteiger partial charge in [0.25, 0.3) is 5.91 Å². The second-order valence-electron chi connectivity index (χ2n) is 5.98. The zero-order valence-corrected chi connectivity index (χ0v) is 15.2. The van der Waals surface area contributed by atoms with E-state index in [1.807, 2.05) is 60.7 Å². The summed E-state index contributed by atoms with van der Waals surface area (Å²) in [6.07, 6.45) is -0.650. The molecular formula is C22H20ClNO2. The lowest BCUT2D eigenvalue weighted by molar-refractivity contribution is -0.127. The first kappa shape index (κ1) is 18.0. The van der Waals surface area contributed by atoms with Crippen LogP contribution in [0.2, 0.25) is 5.02 Å². The Morgan fingerprint density at radius 3 is 2.00 bits per heavy atom. The van der Waals surface area contributed by atoms with Crippen molar-refractivity contribution in [3.8, 4) is 5.75 Å². The number of amides is 1. The second kappa shape index (κ2) is 8.54. The Bertz CT molecular complexity index is 813. The summed E-state index contributed by atoms with van der Waals surface area (Å²) in [4.78, 5) is 12.7. The first-order valence-electron chi connectivity index (χ1n) is 8.46. The van der Waals surface area contributed by atoms with Gasteiger partial charge in [0.2, 0.25) is 0 Å². The predicted molar refractivity (Wildman–Crippen MR) is 104 cm³/mol. The Labute approximate surface area is 158 Å². The fourth-order valence-corrected chi connectivity index (χ4v) is 2.89. The van der Waals surface area contributed by atoms with E-state index in [9.17, 15) is 4.79 Å². The minimum Gasteiger partial charge on any atom is -0.481 e. The molecule has 1 amide bonds. The largest absolute Gasteiger partial charge is 0.481 e. The number of hydrogen-bond donors (Lipinski definition) is 1. The number of hydrogen-bond acceptors (Lipinski definition) is 2. The summed E-state index contributed by atoms with van der Waals surface area (Å²) < 4.78 is 5.73. The van der Waals surface area contributed by atoms with E-state index in [4.69, 9.17) is 16.3 Å². The van der Waals surface area contributed by atoms with E-state index in [1.54, 1.807) is 31.2 Å². The summed E-state index contributed by atoms with van der Waals surface area (Å²) in [6.45, 7) is 1.73. The average Bonchev–Trinajstić information content (AvgIpc) is 2.67.